The van der Waals surface area contributed by atoms with Crippen molar-refractivity contribution in [1.82, 2.24) is 0 Å². The van der Waals surface area contributed by atoms with Crippen molar-refractivity contribution < 1.29 is 19.4 Å². The molecule has 110 valence electrons. The topological polar surface area (TPSA) is 55.8 Å². The predicted molar refractivity (Wildman–Crippen MR) is 82.6 cm³/mol. The summed E-state index contributed by atoms with van der Waals surface area (Å²) in [5, 5.41) is 8.91. The third-order valence-corrected chi connectivity index (χ3v) is 3.72. The second-order valence-electron chi connectivity index (χ2n) is 4.45. The summed E-state index contributed by atoms with van der Waals surface area (Å²) in [6.07, 6.45) is 0. The molecule has 0 aliphatic rings. The number of carbonyl (C=O) groups is 1. The van der Waals surface area contributed by atoms with E-state index < -0.39 is 5.97 Å². The third-order valence-electron chi connectivity index (χ3n) is 2.99. The summed E-state index contributed by atoms with van der Waals surface area (Å²) in [6, 6.07) is 12.6. The van der Waals surface area contributed by atoms with Crippen LogP contribution in [0, 0.1) is 0 Å². The fourth-order valence-electron chi connectivity index (χ4n) is 1.80. The first-order valence-electron chi connectivity index (χ1n) is 6.32. The fourth-order valence-corrected chi connectivity index (χ4v) is 2.29. The molecule has 0 spiro atoms. The van der Waals surface area contributed by atoms with Crippen LogP contribution >= 0.6 is 15.9 Å². The van der Waals surface area contributed by atoms with Gasteiger partial charge < -0.3 is 14.6 Å². The van der Waals surface area contributed by atoms with Crippen molar-refractivity contribution in [2.45, 2.75) is 13.2 Å². The summed E-state index contributed by atoms with van der Waals surface area (Å²) < 4.78 is 11.5. The van der Waals surface area contributed by atoms with E-state index >= 15 is 0 Å². The fraction of sp³-hybridized carbons (Fsp3) is 0.188. The number of halogens is 1. The van der Waals surface area contributed by atoms with Gasteiger partial charge >= 0.3 is 5.97 Å². The molecule has 0 aliphatic carbocycles. The SMILES string of the molecule is COc1ccc(COCc2ccc(C(=O)O)cc2Br)cc1. The van der Waals surface area contributed by atoms with Gasteiger partial charge in [-0.3, -0.25) is 0 Å². The van der Waals surface area contributed by atoms with Crippen LogP contribution in [0.1, 0.15) is 21.5 Å². The Morgan fingerprint density at radius 2 is 1.86 bits per heavy atom. The molecule has 5 heteroatoms. The molecule has 1 N–H and O–H groups in total. The molecule has 0 heterocycles. The Balaban J connectivity index is 1.92. The summed E-state index contributed by atoms with van der Waals surface area (Å²) in [7, 11) is 1.63. The molecule has 0 fully saturated rings. The number of hydrogen-bond acceptors (Lipinski definition) is 3. The zero-order valence-electron chi connectivity index (χ0n) is 11.5. The Kier molecular flexibility index (Phi) is 5.36. The zero-order valence-corrected chi connectivity index (χ0v) is 13.1. The Bertz CT molecular complexity index is 623. The summed E-state index contributed by atoms with van der Waals surface area (Å²) in [5.41, 5.74) is 2.21. The zero-order chi connectivity index (χ0) is 15.2. The molecule has 0 saturated heterocycles. The minimum absolute atomic E-state index is 0.251. The van der Waals surface area contributed by atoms with Gasteiger partial charge in [0, 0.05) is 4.47 Å². The van der Waals surface area contributed by atoms with E-state index in [1.165, 1.54) is 0 Å². The standard InChI is InChI=1S/C16H15BrO4/c1-20-14-6-2-11(3-7-14)9-21-10-13-5-4-12(16(18)19)8-15(13)17/h2-8H,9-10H2,1H3,(H,18,19). The van der Waals surface area contributed by atoms with Crippen LogP contribution in [0.4, 0.5) is 0 Å². The molecule has 0 atom stereocenters. The van der Waals surface area contributed by atoms with E-state index in [-0.39, 0.29) is 5.56 Å². The lowest BCUT2D eigenvalue weighted by molar-refractivity contribution is 0.0696. The summed E-state index contributed by atoms with van der Waals surface area (Å²) in [5.74, 6) is -0.132. The molecular formula is C16H15BrO4. The molecule has 0 amide bonds. The number of rotatable bonds is 6. The summed E-state index contributed by atoms with van der Waals surface area (Å²) in [4.78, 5) is 10.9. The number of carboxylic acid groups (broad SMARTS) is 1. The molecule has 0 unspecified atom stereocenters. The normalized spacial score (nSPS) is 10.4. The first-order chi connectivity index (χ1) is 10.1. The Hall–Kier alpha value is -1.85. The van der Waals surface area contributed by atoms with Gasteiger partial charge in [-0.2, -0.15) is 0 Å². The number of carboxylic acids is 1. The monoisotopic (exact) mass is 350 g/mol. The number of methoxy groups -OCH3 is 1. The van der Waals surface area contributed by atoms with Crippen LogP contribution in [0.25, 0.3) is 0 Å². The van der Waals surface area contributed by atoms with E-state index in [1.807, 2.05) is 24.3 Å². The maximum Gasteiger partial charge on any atom is 0.335 e. The smallest absolute Gasteiger partial charge is 0.335 e. The second-order valence-corrected chi connectivity index (χ2v) is 5.31. The van der Waals surface area contributed by atoms with E-state index in [1.54, 1.807) is 25.3 Å². The number of benzene rings is 2. The van der Waals surface area contributed by atoms with Crippen LogP contribution in [0.2, 0.25) is 0 Å². The molecule has 0 bridgehead atoms. The molecule has 0 aliphatic heterocycles. The second kappa shape index (κ2) is 7.24. The lowest BCUT2D eigenvalue weighted by Crippen LogP contribution is -1.99. The van der Waals surface area contributed by atoms with Crippen LogP contribution in [-0.4, -0.2) is 18.2 Å². The van der Waals surface area contributed by atoms with Gasteiger partial charge in [0.15, 0.2) is 0 Å². The highest BCUT2D eigenvalue weighted by molar-refractivity contribution is 9.10. The Morgan fingerprint density at radius 1 is 1.14 bits per heavy atom. The molecule has 21 heavy (non-hydrogen) atoms. The van der Waals surface area contributed by atoms with Crippen LogP contribution in [-0.2, 0) is 18.0 Å². The summed E-state index contributed by atoms with van der Waals surface area (Å²) >= 11 is 3.36. The number of ether oxygens (including phenoxy) is 2. The van der Waals surface area contributed by atoms with Crippen molar-refractivity contribution in [1.29, 1.82) is 0 Å². The van der Waals surface area contributed by atoms with Crippen LogP contribution < -0.4 is 4.74 Å². The number of aromatic carboxylic acids is 1. The molecule has 0 aromatic heterocycles. The van der Waals surface area contributed by atoms with Gasteiger partial charge in [0.1, 0.15) is 5.75 Å². The highest BCUT2D eigenvalue weighted by atomic mass is 79.9. The Morgan fingerprint density at radius 3 is 2.43 bits per heavy atom. The summed E-state index contributed by atoms with van der Waals surface area (Å²) in [6.45, 7) is 0.892. The van der Waals surface area contributed by atoms with Gasteiger partial charge in [-0.25, -0.2) is 4.79 Å². The first kappa shape index (κ1) is 15.5. The average Bonchev–Trinajstić information content (AvgIpc) is 2.49. The molecular weight excluding hydrogens is 336 g/mol. The highest BCUT2D eigenvalue weighted by Crippen LogP contribution is 2.20. The molecule has 2 aromatic rings. The highest BCUT2D eigenvalue weighted by Gasteiger charge is 2.07. The first-order valence-corrected chi connectivity index (χ1v) is 7.12. The van der Waals surface area contributed by atoms with Gasteiger partial charge in [0.05, 0.1) is 25.9 Å². The van der Waals surface area contributed by atoms with Gasteiger partial charge in [-0.15, -0.1) is 0 Å². The van der Waals surface area contributed by atoms with Crippen molar-refractivity contribution in [3.8, 4) is 5.75 Å². The van der Waals surface area contributed by atoms with E-state index in [2.05, 4.69) is 15.9 Å². The lowest BCUT2D eigenvalue weighted by Gasteiger charge is -2.08. The molecule has 2 rings (SSSR count). The van der Waals surface area contributed by atoms with Crippen molar-refractivity contribution >= 4 is 21.9 Å². The van der Waals surface area contributed by atoms with Gasteiger partial charge in [0.25, 0.3) is 0 Å². The van der Waals surface area contributed by atoms with Crippen molar-refractivity contribution in [2.75, 3.05) is 7.11 Å². The maximum absolute atomic E-state index is 10.9. The van der Waals surface area contributed by atoms with Crippen LogP contribution in [0.15, 0.2) is 46.9 Å². The quantitative estimate of drug-likeness (QED) is 0.858. The maximum atomic E-state index is 10.9. The number of hydrogen-bond donors (Lipinski definition) is 1. The minimum atomic E-state index is -0.943. The van der Waals surface area contributed by atoms with E-state index in [9.17, 15) is 4.79 Å². The average molecular weight is 351 g/mol. The van der Waals surface area contributed by atoms with Crippen molar-refractivity contribution in [3.63, 3.8) is 0 Å². The van der Waals surface area contributed by atoms with E-state index in [4.69, 9.17) is 14.6 Å². The van der Waals surface area contributed by atoms with Gasteiger partial charge in [-0.1, -0.05) is 34.1 Å². The molecule has 0 saturated carbocycles. The van der Waals surface area contributed by atoms with Crippen LogP contribution in [0.3, 0.4) is 0 Å². The molecule has 4 nitrogen and oxygen atoms in total. The Labute approximate surface area is 131 Å². The molecule has 2 aromatic carbocycles. The van der Waals surface area contributed by atoms with Crippen molar-refractivity contribution in [2.24, 2.45) is 0 Å². The molecule has 0 radical (unpaired) electrons. The largest absolute Gasteiger partial charge is 0.497 e. The predicted octanol–water partition coefficient (Wildman–Crippen LogP) is 3.87. The lowest BCUT2D eigenvalue weighted by atomic mass is 10.1. The van der Waals surface area contributed by atoms with E-state index in [0.717, 1.165) is 21.3 Å². The van der Waals surface area contributed by atoms with Crippen LogP contribution in [0.5, 0.6) is 5.75 Å². The minimum Gasteiger partial charge on any atom is -0.497 e. The van der Waals surface area contributed by atoms with Crippen molar-refractivity contribution in [3.05, 3.63) is 63.6 Å². The van der Waals surface area contributed by atoms with E-state index in [0.29, 0.717) is 13.2 Å². The van der Waals surface area contributed by atoms with Gasteiger partial charge in [-0.05, 0) is 35.4 Å². The third kappa shape index (κ3) is 4.31. The van der Waals surface area contributed by atoms with Gasteiger partial charge in [0.2, 0.25) is 0 Å².